The molecule has 0 spiro atoms. The summed E-state index contributed by atoms with van der Waals surface area (Å²) in [5.41, 5.74) is 7.50. The first-order valence-corrected chi connectivity index (χ1v) is 10.7. The number of esters is 2. The lowest BCUT2D eigenvalue weighted by atomic mass is 9.99. The first-order chi connectivity index (χ1) is 14.5. The number of carbonyl (C=O) groups is 3. The van der Waals surface area contributed by atoms with Gasteiger partial charge in [0.1, 0.15) is 17.5 Å². The molecular weight excluding hydrogens is 404 g/mol. The Balaban J connectivity index is 1.64. The minimum absolute atomic E-state index is 0.325. The van der Waals surface area contributed by atoms with Gasteiger partial charge >= 0.3 is 11.9 Å². The molecule has 3 unspecified atom stereocenters. The number of hydrogen-bond acceptors (Lipinski definition) is 7. The van der Waals surface area contributed by atoms with E-state index < -0.39 is 36.2 Å². The van der Waals surface area contributed by atoms with Crippen LogP contribution in [-0.4, -0.2) is 52.1 Å². The smallest absolute Gasteiger partial charge is 0.333 e. The Labute approximate surface area is 178 Å². The average molecular weight is 426 g/mol. The molecule has 2 N–H and O–H groups in total. The largest absolute Gasteiger partial charge is 0.459 e. The van der Waals surface area contributed by atoms with Crippen LogP contribution in [0.4, 0.5) is 0 Å². The second kappa shape index (κ2) is 8.49. The van der Waals surface area contributed by atoms with E-state index in [1.54, 1.807) is 0 Å². The summed E-state index contributed by atoms with van der Waals surface area (Å²) < 4.78 is 11.3. The third-order valence-electron chi connectivity index (χ3n) is 5.20. The number of benzene rings is 2. The third-order valence-corrected chi connectivity index (χ3v) is 6.58. The Morgan fingerprint density at radius 2 is 1.63 bits per heavy atom. The van der Waals surface area contributed by atoms with Gasteiger partial charge in [0.15, 0.2) is 12.1 Å². The Kier molecular flexibility index (Phi) is 5.78. The van der Waals surface area contributed by atoms with E-state index in [-0.39, 0.29) is 11.3 Å². The molecule has 4 rings (SSSR count). The molecule has 2 heterocycles. The van der Waals surface area contributed by atoms with Crippen LogP contribution in [0.5, 0.6) is 0 Å². The highest BCUT2D eigenvalue weighted by atomic mass is 32.2. The summed E-state index contributed by atoms with van der Waals surface area (Å²) in [6.07, 6.45) is -1.45. The highest BCUT2D eigenvalue weighted by Crippen LogP contribution is 2.39. The fraction of sp³-hybridized carbons (Fsp3) is 0.318. The molecule has 4 atom stereocenters. The molecule has 0 radical (unpaired) electrons. The van der Waals surface area contributed by atoms with E-state index in [0.717, 1.165) is 11.1 Å². The highest BCUT2D eigenvalue weighted by molar-refractivity contribution is 8.00. The number of ether oxygens (including phenoxy) is 2. The molecule has 0 saturated carbocycles. The van der Waals surface area contributed by atoms with Crippen molar-refractivity contribution in [3.05, 3.63) is 71.8 Å². The van der Waals surface area contributed by atoms with Crippen LogP contribution in [0.15, 0.2) is 60.7 Å². The van der Waals surface area contributed by atoms with Crippen molar-refractivity contribution in [2.24, 2.45) is 5.73 Å². The van der Waals surface area contributed by atoms with E-state index >= 15 is 0 Å². The van der Waals surface area contributed by atoms with Crippen molar-refractivity contribution < 1.29 is 23.9 Å². The summed E-state index contributed by atoms with van der Waals surface area (Å²) in [4.78, 5) is 38.7. The van der Waals surface area contributed by atoms with E-state index in [0.29, 0.717) is 5.75 Å². The molecule has 0 aromatic heterocycles. The molecule has 0 bridgehead atoms. The second-order valence-electron chi connectivity index (χ2n) is 7.23. The van der Waals surface area contributed by atoms with Gasteiger partial charge in [0.05, 0.1) is 0 Å². The highest BCUT2D eigenvalue weighted by Gasteiger charge is 2.57. The van der Waals surface area contributed by atoms with E-state index in [4.69, 9.17) is 15.2 Å². The van der Waals surface area contributed by atoms with Gasteiger partial charge in [-0.3, -0.25) is 9.59 Å². The van der Waals surface area contributed by atoms with Crippen LogP contribution in [0, 0.1) is 0 Å². The summed E-state index contributed by atoms with van der Waals surface area (Å²) >= 11 is 1.40. The van der Waals surface area contributed by atoms with E-state index in [1.165, 1.54) is 23.6 Å². The molecule has 2 fully saturated rings. The van der Waals surface area contributed by atoms with Crippen LogP contribution in [0.3, 0.4) is 0 Å². The van der Waals surface area contributed by atoms with Gasteiger partial charge in [-0.25, -0.2) is 4.79 Å². The van der Waals surface area contributed by atoms with Crippen molar-refractivity contribution in [2.45, 2.75) is 36.6 Å². The van der Waals surface area contributed by atoms with Crippen LogP contribution >= 0.6 is 11.8 Å². The lowest BCUT2D eigenvalue weighted by molar-refractivity contribution is -0.177. The lowest BCUT2D eigenvalue weighted by Crippen LogP contribution is -2.75. The van der Waals surface area contributed by atoms with Crippen LogP contribution in [0.2, 0.25) is 0 Å². The van der Waals surface area contributed by atoms with Crippen molar-refractivity contribution in [3.63, 3.8) is 0 Å². The predicted molar refractivity (Wildman–Crippen MR) is 111 cm³/mol. The summed E-state index contributed by atoms with van der Waals surface area (Å²) in [7, 11) is 0. The zero-order valence-electron chi connectivity index (χ0n) is 16.3. The monoisotopic (exact) mass is 426 g/mol. The van der Waals surface area contributed by atoms with Gasteiger partial charge in [0.2, 0.25) is 5.91 Å². The summed E-state index contributed by atoms with van der Waals surface area (Å²) in [6.45, 7) is 1.28. The number of β-lactam (4-membered cyclic amide) rings is 1. The topological polar surface area (TPSA) is 98.9 Å². The van der Waals surface area contributed by atoms with Crippen molar-refractivity contribution in [3.8, 4) is 0 Å². The molecule has 156 valence electrons. The third kappa shape index (κ3) is 3.80. The number of nitrogens with two attached hydrogens (primary N) is 1. The lowest BCUT2D eigenvalue weighted by Gasteiger charge is -2.52. The van der Waals surface area contributed by atoms with Crippen LogP contribution in [0.25, 0.3) is 0 Å². The fourth-order valence-electron chi connectivity index (χ4n) is 3.80. The first kappa shape index (κ1) is 20.4. The van der Waals surface area contributed by atoms with Crippen molar-refractivity contribution in [1.82, 2.24) is 4.90 Å². The van der Waals surface area contributed by atoms with Gasteiger partial charge in [0.25, 0.3) is 0 Å². The van der Waals surface area contributed by atoms with Crippen molar-refractivity contribution >= 4 is 29.6 Å². The quantitative estimate of drug-likeness (QED) is 0.575. The molecule has 2 aromatic rings. The van der Waals surface area contributed by atoms with Gasteiger partial charge in [-0.2, -0.15) is 0 Å². The van der Waals surface area contributed by atoms with Gasteiger partial charge in [-0.1, -0.05) is 60.7 Å². The fourth-order valence-corrected chi connectivity index (χ4v) is 5.16. The molecule has 1 amide bonds. The first-order valence-electron chi connectivity index (χ1n) is 9.64. The normalized spacial score (nSPS) is 25.3. The Morgan fingerprint density at radius 3 is 2.17 bits per heavy atom. The Hall–Kier alpha value is -2.84. The van der Waals surface area contributed by atoms with Crippen LogP contribution in [0.1, 0.15) is 24.2 Å². The zero-order chi connectivity index (χ0) is 21.3. The summed E-state index contributed by atoms with van der Waals surface area (Å²) in [5, 5.41) is -0.325. The number of nitrogens with zero attached hydrogens (tertiary/aromatic N) is 1. The number of carbonyl (C=O) groups excluding carboxylic acids is 3. The molecule has 2 aromatic carbocycles. The minimum atomic E-state index is -1.03. The maximum Gasteiger partial charge on any atom is 0.333 e. The van der Waals surface area contributed by atoms with Crippen molar-refractivity contribution in [2.75, 3.05) is 5.75 Å². The number of thioether (sulfide) groups is 1. The van der Waals surface area contributed by atoms with E-state index in [1.807, 2.05) is 60.7 Å². The molecule has 30 heavy (non-hydrogen) atoms. The maximum absolute atomic E-state index is 13.3. The van der Waals surface area contributed by atoms with Crippen LogP contribution in [-0.2, 0) is 23.9 Å². The molecule has 0 aliphatic carbocycles. The SMILES string of the molecule is CC(=O)OC1CS[C@H]2C(N)C(=O)N2C1C(=O)OC(c1ccccc1)c1ccccc1. The molecule has 2 aliphatic rings. The van der Waals surface area contributed by atoms with Gasteiger partial charge in [0, 0.05) is 12.7 Å². The standard InChI is InChI=1S/C22H22N2O5S/c1-13(25)28-16-12-30-21-17(23)20(26)24(21)18(16)22(27)29-19(14-8-4-2-5-9-14)15-10-6-3-7-11-15/h2-11,16-19,21H,12,23H2,1H3/t16?,17?,18?,21-/m0/s1. The number of amides is 1. The van der Waals surface area contributed by atoms with Gasteiger partial charge < -0.3 is 20.1 Å². The number of fused-ring (bicyclic) bond motifs is 1. The predicted octanol–water partition coefficient (Wildman–Crippen LogP) is 1.86. The second-order valence-corrected chi connectivity index (χ2v) is 8.38. The summed E-state index contributed by atoms with van der Waals surface area (Å²) in [5.74, 6) is -1.12. The average Bonchev–Trinajstić information content (AvgIpc) is 2.77. The van der Waals surface area contributed by atoms with E-state index in [2.05, 4.69) is 0 Å². The Bertz CT molecular complexity index is 900. The number of rotatable bonds is 5. The zero-order valence-corrected chi connectivity index (χ0v) is 17.2. The molecule has 8 heteroatoms. The van der Waals surface area contributed by atoms with Gasteiger partial charge in [-0.05, 0) is 11.1 Å². The number of hydrogen-bond donors (Lipinski definition) is 1. The molecule has 2 aliphatic heterocycles. The Morgan fingerprint density at radius 1 is 1.07 bits per heavy atom. The summed E-state index contributed by atoms with van der Waals surface area (Å²) in [6, 6.07) is 17.0. The van der Waals surface area contributed by atoms with Gasteiger partial charge in [-0.15, -0.1) is 11.8 Å². The molecular formula is C22H22N2O5S. The van der Waals surface area contributed by atoms with Crippen molar-refractivity contribution in [1.29, 1.82) is 0 Å². The molecule has 7 nitrogen and oxygen atoms in total. The van der Waals surface area contributed by atoms with E-state index in [9.17, 15) is 14.4 Å². The molecule has 2 saturated heterocycles. The van der Waals surface area contributed by atoms with Crippen LogP contribution < -0.4 is 5.73 Å². The minimum Gasteiger partial charge on any atom is -0.459 e. The maximum atomic E-state index is 13.3.